The van der Waals surface area contributed by atoms with E-state index in [1.807, 2.05) is 30.5 Å². The molecule has 1 N–H and O–H groups in total. The second kappa shape index (κ2) is 7.95. The zero-order valence-electron chi connectivity index (χ0n) is 17.3. The summed E-state index contributed by atoms with van der Waals surface area (Å²) in [5.74, 6) is 0.809. The largest absolute Gasteiger partial charge is 0.495 e. The van der Waals surface area contributed by atoms with Crippen LogP contribution in [-0.2, 0) is 16.7 Å². The first-order chi connectivity index (χ1) is 15.4. The minimum absolute atomic E-state index is 0.0776. The molecule has 166 valence electrons. The highest BCUT2D eigenvalue weighted by Gasteiger charge is 2.44. The van der Waals surface area contributed by atoms with Crippen molar-refractivity contribution in [1.29, 1.82) is 0 Å². The van der Waals surface area contributed by atoms with Gasteiger partial charge in [-0.25, -0.2) is 4.21 Å². The number of aromatic nitrogens is 1. The number of piperidine rings is 1. The first-order valence-corrected chi connectivity index (χ1v) is 11.7. The van der Waals surface area contributed by atoms with Gasteiger partial charge in [-0.3, -0.25) is 4.79 Å². The van der Waals surface area contributed by atoms with E-state index in [0.29, 0.717) is 36.5 Å². The minimum Gasteiger partial charge on any atom is -0.495 e. The average Bonchev–Trinajstić information content (AvgIpc) is 3.30. The minimum atomic E-state index is -2.25. The topological polar surface area (TPSA) is 81.0 Å². The summed E-state index contributed by atoms with van der Waals surface area (Å²) < 4.78 is 34.9. The molecule has 3 heterocycles. The van der Waals surface area contributed by atoms with Crippen LogP contribution >= 0.6 is 11.6 Å². The Morgan fingerprint density at radius 3 is 2.69 bits per heavy atom. The van der Waals surface area contributed by atoms with Gasteiger partial charge in [0.05, 0.1) is 18.5 Å². The van der Waals surface area contributed by atoms with Gasteiger partial charge in [-0.2, -0.15) is 0 Å². The van der Waals surface area contributed by atoms with Crippen LogP contribution < -0.4 is 9.47 Å². The fourth-order valence-electron chi connectivity index (χ4n) is 4.55. The van der Waals surface area contributed by atoms with Gasteiger partial charge in [0.1, 0.15) is 16.4 Å². The number of hydrogen-bond acceptors (Lipinski definition) is 4. The fourth-order valence-corrected chi connectivity index (χ4v) is 5.27. The number of methoxy groups -OCH3 is 1. The lowest BCUT2D eigenvalue weighted by Gasteiger charge is -2.45. The predicted octanol–water partition coefficient (Wildman–Crippen LogP) is 4.24. The second-order valence-corrected chi connectivity index (χ2v) is 9.25. The van der Waals surface area contributed by atoms with Crippen molar-refractivity contribution in [2.45, 2.75) is 23.3 Å². The number of nitrogens with zero attached hydrogens (tertiary/aromatic N) is 2. The molecule has 0 radical (unpaired) electrons. The molecule has 1 spiro atoms. The Morgan fingerprint density at radius 2 is 1.97 bits per heavy atom. The van der Waals surface area contributed by atoms with E-state index in [9.17, 15) is 13.6 Å². The molecule has 2 aliphatic rings. The van der Waals surface area contributed by atoms with E-state index in [-0.39, 0.29) is 16.6 Å². The summed E-state index contributed by atoms with van der Waals surface area (Å²) >= 11 is 3.95. The second-order valence-electron chi connectivity index (χ2n) is 7.88. The molecule has 1 saturated heterocycles. The van der Waals surface area contributed by atoms with Gasteiger partial charge in [0, 0.05) is 48.8 Å². The van der Waals surface area contributed by atoms with Gasteiger partial charge in [0.15, 0.2) is 16.7 Å². The van der Waals surface area contributed by atoms with Crippen LogP contribution in [0.2, 0.25) is 5.02 Å². The lowest BCUT2D eigenvalue weighted by Crippen LogP contribution is -2.50. The van der Waals surface area contributed by atoms with Crippen molar-refractivity contribution in [2.75, 3.05) is 20.2 Å². The lowest BCUT2D eigenvalue weighted by atomic mass is 9.86. The predicted molar refractivity (Wildman–Crippen MR) is 120 cm³/mol. The van der Waals surface area contributed by atoms with Crippen molar-refractivity contribution < 1.29 is 23.0 Å². The fraction of sp³-hybridized carbons (Fsp3) is 0.261. The molecule has 7 nitrogen and oxygen atoms in total. The van der Waals surface area contributed by atoms with Crippen molar-refractivity contribution in [3.63, 3.8) is 0 Å². The molecule has 9 heteroatoms. The van der Waals surface area contributed by atoms with Crippen molar-refractivity contribution in [3.8, 4) is 17.2 Å². The molecular weight excluding hydrogens is 452 g/mol. The van der Waals surface area contributed by atoms with E-state index >= 15 is 0 Å². The van der Waals surface area contributed by atoms with Gasteiger partial charge >= 0.3 is 0 Å². The van der Waals surface area contributed by atoms with Crippen molar-refractivity contribution >= 4 is 28.6 Å². The molecule has 1 amide bonds. The Hall–Kier alpha value is -2.81. The van der Waals surface area contributed by atoms with Crippen LogP contribution in [-0.4, -0.2) is 44.3 Å². The molecule has 32 heavy (non-hydrogen) atoms. The smallest absolute Gasteiger partial charge is 0.253 e. The SMILES string of the molecule is COc1ccc(C(=O)N2CCC3(CC2)Oc2cc(Cl)ccc2-n2cccc23)cc1S(=O)O. The summed E-state index contributed by atoms with van der Waals surface area (Å²) in [7, 11) is 1.42. The molecular formula is C23H21ClN2O5S. The maximum atomic E-state index is 13.1. The summed E-state index contributed by atoms with van der Waals surface area (Å²) in [5, 5.41) is 0.610. The number of halogens is 1. The summed E-state index contributed by atoms with van der Waals surface area (Å²) in [6.07, 6.45) is 3.24. The van der Waals surface area contributed by atoms with Gasteiger partial charge in [0.2, 0.25) is 0 Å². The van der Waals surface area contributed by atoms with E-state index in [1.165, 1.54) is 13.2 Å². The normalized spacial score (nSPS) is 17.3. The first-order valence-electron chi connectivity index (χ1n) is 10.2. The standard InChI is InChI=1S/C23H21ClN2O5S/c1-30-18-7-4-15(13-20(18)32(28)29)22(27)25-11-8-23(9-12-25)21-3-2-10-26(21)17-6-5-16(24)14-19(17)31-23/h2-7,10,13-14H,8-9,11-12H2,1H3,(H,28,29). The molecule has 0 aliphatic carbocycles. The number of carbonyl (C=O) groups excluding carboxylic acids is 1. The number of likely N-dealkylation sites (tertiary alicyclic amines) is 1. The van der Waals surface area contributed by atoms with Gasteiger partial charge < -0.3 is 23.5 Å². The monoisotopic (exact) mass is 472 g/mol. The number of ether oxygens (including phenoxy) is 2. The van der Waals surface area contributed by atoms with E-state index in [4.69, 9.17) is 21.1 Å². The van der Waals surface area contributed by atoms with Crippen LogP contribution in [0.5, 0.6) is 11.5 Å². The first kappa shape index (κ1) is 21.1. The van der Waals surface area contributed by atoms with Crippen LogP contribution in [0.25, 0.3) is 5.69 Å². The average molecular weight is 473 g/mol. The summed E-state index contributed by atoms with van der Waals surface area (Å²) in [6, 6.07) is 14.2. The number of fused-ring (bicyclic) bond motifs is 4. The molecule has 2 aromatic carbocycles. The van der Waals surface area contributed by atoms with Crippen molar-refractivity contribution in [1.82, 2.24) is 9.47 Å². The van der Waals surface area contributed by atoms with E-state index in [1.54, 1.807) is 17.0 Å². The Kier molecular flexibility index (Phi) is 5.23. The van der Waals surface area contributed by atoms with Gasteiger partial charge in [-0.15, -0.1) is 0 Å². The van der Waals surface area contributed by atoms with Gasteiger partial charge in [-0.05, 0) is 42.5 Å². The van der Waals surface area contributed by atoms with Crippen LogP contribution in [0, 0.1) is 0 Å². The molecule has 0 bridgehead atoms. The van der Waals surface area contributed by atoms with Crippen molar-refractivity contribution in [3.05, 3.63) is 71.0 Å². The molecule has 0 saturated carbocycles. The number of amides is 1. The highest BCUT2D eigenvalue weighted by atomic mass is 35.5. The Labute approximate surface area is 192 Å². The zero-order chi connectivity index (χ0) is 22.5. The number of hydrogen-bond donors (Lipinski definition) is 1. The molecule has 1 fully saturated rings. The maximum absolute atomic E-state index is 13.1. The quantitative estimate of drug-likeness (QED) is 0.576. The Morgan fingerprint density at radius 1 is 1.19 bits per heavy atom. The lowest BCUT2D eigenvalue weighted by molar-refractivity contribution is -0.00930. The molecule has 1 atom stereocenters. The number of benzene rings is 2. The third kappa shape index (κ3) is 3.39. The summed E-state index contributed by atoms with van der Waals surface area (Å²) in [5.41, 5.74) is 1.81. The van der Waals surface area contributed by atoms with Gasteiger partial charge in [-0.1, -0.05) is 11.6 Å². The van der Waals surface area contributed by atoms with Crippen LogP contribution in [0.4, 0.5) is 0 Å². The third-order valence-corrected chi connectivity index (χ3v) is 7.09. The van der Waals surface area contributed by atoms with Crippen LogP contribution in [0.1, 0.15) is 28.9 Å². The van der Waals surface area contributed by atoms with E-state index < -0.39 is 16.7 Å². The molecule has 5 rings (SSSR count). The summed E-state index contributed by atoms with van der Waals surface area (Å²) in [4.78, 5) is 15.0. The highest BCUT2D eigenvalue weighted by molar-refractivity contribution is 7.79. The van der Waals surface area contributed by atoms with Crippen LogP contribution in [0.3, 0.4) is 0 Å². The van der Waals surface area contributed by atoms with Crippen molar-refractivity contribution in [2.24, 2.45) is 0 Å². The van der Waals surface area contributed by atoms with Gasteiger partial charge in [0.25, 0.3) is 5.91 Å². The zero-order valence-corrected chi connectivity index (χ0v) is 18.9. The third-order valence-electron chi connectivity index (χ3n) is 6.16. The Bertz CT molecular complexity index is 1230. The summed E-state index contributed by atoms with van der Waals surface area (Å²) in [6.45, 7) is 0.979. The number of rotatable bonds is 3. The maximum Gasteiger partial charge on any atom is 0.253 e. The molecule has 1 unspecified atom stereocenters. The van der Waals surface area contributed by atoms with E-state index in [0.717, 1.165) is 17.1 Å². The Balaban J connectivity index is 1.39. The van der Waals surface area contributed by atoms with Crippen LogP contribution in [0.15, 0.2) is 59.6 Å². The molecule has 1 aromatic heterocycles. The van der Waals surface area contributed by atoms with E-state index in [2.05, 4.69) is 10.6 Å². The highest BCUT2D eigenvalue weighted by Crippen LogP contribution is 2.45. The number of carbonyl (C=O) groups is 1. The molecule has 3 aromatic rings. The molecule has 2 aliphatic heterocycles.